The van der Waals surface area contributed by atoms with Crippen molar-refractivity contribution in [3.05, 3.63) is 23.8 Å². The number of nitrogens with two attached hydrogens (primary N) is 1. The van der Waals surface area contributed by atoms with Crippen LogP contribution in [0.15, 0.2) is 23.8 Å². The van der Waals surface area contributed by atoms with Gasteiger partial charge in [-0.2, -0.15) is 0 Å². The SMILES string of the molecule is NCC1=CCC(CN2CCCC2)C=C1. The van der Waals surface area contributed by atoms with E-state index in [1.54, 1.807) is 0 Å². The first-order valence-electron chi connectivity index (χ1n) is 5.68. The van der Waals surface area contributed by atoms with E-state index in [0.29, 0.717) is 6.54 Å². The molecule has 14 heavy (non-hydrogen) atoms. The minimum atomic E-state index is 0.687. The van der Waals surface area contributed by atoms with Crippen molar-refractivity contribution < 1.29 is 0 Å². The van der Waals surface area contributed by atoms with Gasteiger partial charge in [0.15, 0.2) is 0 Å². The maximum Gasteiger partial charge on any atom is 0.0174 e. The summed E-state index contributed by atoms with van der Waals surface area (Å²) in [6.45, 7) is 4.54. The summed E-state index contributed by atoms with van der Waals surface area (Å²) in [5.74, 6) is 0.725. The van der Waals surface area contributed by atoms with Gasteiger partial charge in [-0.25, -0.2) is 0 Å². The second-order valence-corrected chi connectivity index (χ2v) is 4.35. The second kappa shape index (κ2) is 4.76. The molecule has 2 heteroatoms. The molecule has 0 spiro atoms. The molecule has 1 unspecified atom stereocenters. The van der Waals surface area contributed by atoms with Crippen LogP contribution in [0.1, 0.15) is 19.3 Å². The van der Waals surface area contributed by atoms with E-state index in [1.807, 2.05) is 0 Å². The Morgan fingerprint density at radius 1 is 1.36 bits per heavy atom. The summed E-state index contributed by atoms with van der Waals surface area (Å²) in [6, 6.07) is 0. The molecule has 1 saturated heterocycles. The molecule has 1 atom stereocenters. The molecule has 2 N–H and O–H groups in total. The van der Waals surface area contributed by atoms with Crippen LogP contribution in [0.3, 0.4) is 0 Å². The van der Waals surface area contributed by atoms with Crippen molar-refractivity contribution in [1.82, 2.24) is 4.90 Å². The van der Waals surface area contributed by atoms with Gasteiger partial charge in [-0.15, -0.1) is 0 Å². The van der Waals surface area contributed by atoms with Crippen LogP contribution in [0.4, 0.5) is 0 Å². The van der Waals surface area contributed by atoms with Crippen molar-refractivity contribution in [1.29, 1.82) is 0 Å². The lowest BCUT2D eigenvalue weighted by Gasteiger charge is -2.22. The first kappa shape index (κ1) is 9.94. The standard InChI is InChI=1S/C12H20N2/c13-9-11-3-5-12(6-4-11)10-14-7-1-2-8-14/h3-5,12H,1-2,6-10,13H2. The van der Waals surface area contributed by atoms with Crippen molar-refractivity contribution in [2.24, 2.45) is 11.7 Å². The van der Waals surface area contributed by atoms with Crippen LogP contribution < -0.4 is 5.73 Å². The lowest BCUT2D eigenvalue weighted by molar-refractivity contribution is 0.302. The van der Waals surface area contributed by atoms with Crippen molar-refractivity contribution >= 4 is 0 Å². The van der Waals surface area contributed by atoms with E-state index in [-0.39, 0.29) is 0 Å². The third kappa shape index (κ3) is 2.46. The molecule has 0 aromatic carbocycles. The number of hydrogen-bond donors (Lipinski definition) is 1. The molecule has 0 aromatic heterocycles. The average molecular weight is 192 g/mol. The van der Waals surface area contributed by atoms with Gasteiger partial charge in [0.05, 0.1) is 0 Å². The molecule has 2 nitrogen and oxygen atoms in total. The summed E-state index contributed by atoms with van der Waals surface area (Å²) < 4.78 is 0. The smallest absolute Gasteiger partial charge is 0.0174 e. The molecule has 0 aromatic rings. The highest BCUT2D eigenvalue weighted by Crippen LogP contribution is 2.19. The van der Waals surface area contributed by atoms with Gasteiger partial charge in [-0.3, -0.25) is 0 Å². The zero-order valence-electron chi connectivity index (χ0n) is 8.78. The van der Waals surface area contributed by atoms with Gasteiger partial charge < -0.3 is 10.6 Å². The van der Waals surface area contributed by atoms with Crippen LogP contribution in [0, 0.1) is 5.92 Å². The Hall–Kier alpha value is -0.600. The van der Waals surface area contributed by atoms with Crippen LogP contribution in [-0.2, 0) is 0 Å². The third-order valence-corrected chi connectivity index (χ3v) is 3.19. The number of hydrogen-bond acceptors (Lipinski definition) is 2. The maximum atomic E-state index is 5.58. The van der Waals surface area contributed by atoms with Crippen molar-refractivity contribution in [3.8, 4) is 0 Å². The first-order valence-corrected chi connectivity index (χ1v) is 5.68. The summed E-state index contributed by atoms with van der Waals surface area (Å²) in [6.07, 6.45) is 10.8. The molecule has 0 radical (unpaired) electrons. The first-order chi connectivity index (χ1) is 6.88. The van der Waals surface area contributed by atoms with E-state index < -0.39 is 0 Å². The highest BCUT2D eigenvalue weighted by atomic mass is 15.1. The van der Waals surface area contributed by atoms with Crippen LogP contribution >= 0.6 is 0 Å². The topological polar surface area (TPSA) is 29.3 Å². The second-order valence-electron chi connectivity index (χ2n) is 4.35. The molecule has 1 fully saturated rings. The lowest BCUT2D eigenvalue weighted by Crippen LogP contribution is -2.26. The Labute approximate surface area is 86.5 Å². The van der Waals surface area contributed by atoms with Crippen LogP contribution in [0.2, 0.25) is 0 Å². The largest absolute Gasteiger partial charge is 0.327 e. The molecule has 0 amide bonds. The van der Waals surface area contributed by atoms with E-state index >= 15 is 0 Å². The number of allylic oxidation sites excluding steroid dienone is 1. The highest BCUT2D eigenvalue weighted by Gasteiger charge is 2.16. The van der Waals surface area contributed by atoms with Gasteiger partial charge >= 0.3 is 0 Å². The summed E-state index contributed by atoms with van der Waals surface area (Å²) in [4.78, 5) is 2.58. The number of nitrogens with zero attached hydrogens (tertiary/aromatic N) is 1. The fourth-order valence-electron chi connectivity index (χ4n) is 2.29. The van der Waals surface area contributed by atoms with Gasteiger partial charge in [0, 0.05) is 13.1 Å². The van der Waals surface area contributed by atoms with E-state index in [9.17, 15) is 0 Å². The van der Waals surface area contributed by atoms with Crippen molar-refractivity contribution in [3.63, 3.8) is 0 Å². The zero-order chi connectivity index (χ0) is 9.80. The molecule has 2 rings (SSSR count). The van der Waals surface area contributed by atoms with Gasteiger partial charge in [-0.05, 0) is 43.8 Å². The normalized spacial score (nSPS) is 28.1. The summed E-state index contributed by atoms with van der Waals surface area (Å²) in [5.41, 5.74) is 6.88. The number of rotatable bonds is 3. The van der Waals surface area contributed by atoms with Gasteiger partial charge in [-0.1, -0.05) is 18.2 Å². The van der Waals surface area contributed by atoms with Gasteiger partial charge in [0.25, 0.3) is 0 Å². The quantitative estimate of drug-likeness (QED) is 0.735. The van der Waals surface area contributed by atoms with E-state index in [4.69, 9.17) is 5.73 Å². The molecule has 1 aliphatic heterocycles. The molecule has 1 aliphatic carbocycles. The minimum Gasteiger partial charge on any atom is -0.327 e. The number of likely N-dealkylation sites (tertiary alicyclic amines) is 1. The van der Waals surface area contributed by atoms with Gasteiger partial charge in [0.1, 0.15) is 0 Å². The minimum absolute atomic E-state index is 0.687. The Kier molecular flexibility index (Phi) is 3.38. The predicted octanol–water partition coefficient (Wildman–Crippen LogP) is 1.54. The molecule has 2 aliphatic rings. The van der Waals surface area contributed by atoms with Crippen molar-refractivity contribution in [2.45, 2.75) is 19.3 Å². The van der Waals surface area contributed by atoms with Gasteiger partial charge in [0.2, 0.25) is 0 Å². The van der Waals surface area contributed by atoms with E-state index in [0.717, 1.165) is 5.92 Å². The molecular formula is C12H20N2. The van der Waals surface area contributed by atoms with E-state index in [2.05, 4.69) is 23.1 Å². The molecule has 0 saturated carbocycles. The van der Waals surface area contributed by atoms with Crippen LogP contribution in [0.5, 0.6) is 0 Å². The fourth-order valence-corrected chi connectivity index (χ4v) is 2.29. The highest BCUT2D eigenvalue weighted by molar-refractivity contribution is 5.24. The Bertz CT molecular complexity index is 237. The molecule has 1 heterocycles. The van der Waals surface area contributed by atoms with Crippen LogP contribution in [-0.4, -0.2) is 31.1 Å². The molecular weight excluding hydrogens is 172 g/mol. The predicted molar refractivity (Wildman–Crippen MR) is 60.1 cm³/mol. The maximum absolute atomic E-state index is 5.58. The fraction of sp³-hybridized carbons (Fsp3) is 0.667. The zero-order valence-corrected chi connectivity index (χ0v) is 8.78. The summed E-state index contributed by atoms with van der Waals surface area (Å²) in [7, 11) is 0. The molecule has 78 valence electrons. The lowest BCUT2D eigenvalue weighted by atomic mass is 9.96. The van der Waals surface area contributed by atoms with Crippen molar-refractivity contribution in [2.75, 3.05) is 26.2 Å². The van der Waals surface area contributed by atoms with E-state index in [1.165, 1.54) is 44.5 Å². The Morgan fingerprint density at radius 2 is 2.14 bits per heavy atom. The third-order valence-electron chi connectivity index (χ3n) is 3.19. The Morgan fingerprint density at radius 3 is 2.71 bits per heavy atom. The summed E-state index contributed by atoms with van der Waals surface area (Å²) >= 11 is 0. The average Bonchev–Trinajstić information content (AvgIpc) is 2.72. The Balaban J connectivity index is 1.79. The summed E-state index contributed by atoms with van der Waals surface area (Å²) in [5, 5.41) is 0. The van der Waals surface area contributed by atoms with Crippen LogP contribution in [0.25, 0.3) is 0 Å². The monoisotopic (exact) mass is 192 g/mol. The molecule has 0 bridgehead atoms.